The van der Waals surface area contributed by atoms with E-state index in [-0.39, 0.29) is 6.54 Å². The molecule has 1 rings (SSSR count). The van der Waals surface area contributed by atoms with Crippen molar-refractivity contribution in [1.29, 1.82) is 0 Å². The molecule has 1 aromatic carbocycles. The van der Waals surface area contributed by atoms with Crippen LogP contribution in [0.3, 0.4) is 0 Å². The number of ether oxygens (including phenoxy) is 1. The minimum Gasteiger partial charge on any atom is -0.453 e. The third-order valence-electron chi connectivity index (χ3n) is 1.81. The van der Waals surface area contributed by atoms with Crippen molar-refractivity contribution < 1.29 is 14.6 Å². The Morgan fingerprint density at radius 1 is 1.50 bits per heavy atom. The van der Waals surface area contributed by atoms with Gasteiger partial charge in [0.2, 0.25) is 0 Å². The Kier molecular flexibility index (Phi) is 3.94. The normalized spacial score (nSPS) is 11.9. The van der Waals surface area contributed by atoms with Crippen molar-refractivity contribution in [3.8, 4) is 0 Å². The maximum atomic E-state index is 10.7. The quantitative estimate of drug-likeness (QED) is 0.758. The molecule has 0 bridgehead atoms. The van der Waals surface area contributed by atoms with Crippen LogP contribution < -0.4 is 5.32 Å². The highest BCUT2D eigenvalue weighted by Crippen LogP contribution is 2.10. The summed E-state index contributed by atoms with van der Waals surface area (Å²) in [4.78, 5) is 10.7. The lowest BCUT2D eigenvalue weighted by Crippen LogP contribution is -2.28. The first kappa shape index (κ1) is 10.5. The average molecular weight is 195 g/mol. The summed E-state index contributed by atoms with van der Waals surface area (Å²) in [5.41, 5.74) is 0.768. The summed E-state index contributed by atoms with van der Waals surface area (Å²) in [5, 5.41) is 12.0. The van der Waals surface area contributed by atoms with E-state index in [1.807, 2.05) is 18.2 Å². The van der Waals surface area contributed by atoms with Crippen LogP contribution in [0.2, 0.25) is 0 Å². The molecular weight excluding hydrogens is 182 g/mol. The van der Waals surface area contributed by atoms with E-state index in [2.05, 4.69) is 10.1 Å². The van der Waals surface area contributed by atoms with Gasteiger partial charge >= 0.3 is 6.09 Å². The number of amides is 1. The van der Waals surface area contributed by atoms with Crippen LogP contribution in [-0.4, -0.2) is 24.9 Å². The zero-order valence-corrected chi connectivity index (χ0v) is 7.93. The first-order valence-corrected chi connectivity index (χ1v) is 4.29. The third-order valence-corrected chi connectivity index (χ3v) is 1.81. The fourth-order valence-electron chi connectivity index (χ4n) is 1.05. The molecule has 1 atom stereocenters. The zero-order chi connectivity index (χ0) is 10.4. The summed E-state index contributed by atoms with van der Waals surface area (Å²) in [6.45, 7) is 0.149. The molecule has 0 aliphatic heterocycles. The lowest BCUT2D eigenvalue weighted by Gasteiger charge is -2.10. The first-order chi connectivity index (χ1) is 6.74. The maximum Gasteiger partial charge on any atom is 0.406 e. The van der Waals surface area contributed by atoms with Crippen molar-refractivity contribution in [2.24, 2.45) is 0 Å². The maximum absolute atomic E-state index is 10.7. The number of benzene rings is 1. The SMILES string of the molecule is COC(=O)NCC(O)c1ccccc1. The monoisotopic (exact) mass is 195 g/mol. The number of aliphatic hydroxyl groups excluding tert-OH is 1. The zero-order valence-electron chi connectivity index (χ0n) is 7.93. The number of rotatable bonds is 3. The fraction of sp³-hybridized carbons (Fsp3) is 0.300. The van der Waals surface area contributed by atoms with E-state index in [9.17, 15) is 9.90 Å². The van der Waals surface area contributed by atoms with Crippen molar-refractivity contribution in [3.63, 3.8) is 0 Å². The van der Waals surface area contributed by atoms with Crippen LogP contribution in [0.5, 0.6) is 0 Å². The molecule has 0 saturated carbocycles. The van der Waals surface area contributed by atoms with Gasteiger partial charge < -0.3 is 15.2 Å². The van der Waals surface area contributed by atoms with Gasteiger partial charge in [-0.1, -0.05) is 30.3 Å². The lowest BCUT2D eigenvalue weighted by atomic mass is 10.1. The molecule has 0 radical (unpaired) electrons. The molecule has 0 fully saturated rings. The van der Waals surface area contributed by atoms with Crippen molar-refractivity contribution in [3.05, 3.63) is 35.9 Å². The Morgan fingerprint density at radius 3 is 2.71 bits per heavy atom. The number of aliphatic hydroxyl groups is 1. The van der Waals surface area contributed by atoms with E-state index in [1.54, 1.807) is 12.1 Å². The number of carbonyl (C=O) groups excluding carboxylic acids is 1. The molecule has 0 aliphatic carbocycles. The molecule has 0 heterocycles. The van der Waals surface area contributed by atoms with Gasteiger partial charge in [-0.05, 0) is 5.56 Å². The second-order valence-electron chi connectivity index (χ2n) is 2.80. The minimum atomic E-state index is -0.699. The highest BCUT2D eigenvalue weighted by Gasteiger charge is 2.08. The Hall–Kier alpha value is -1.55. The lowest BCUT2D eigenvalue weighted by molar-refractivity contribution is 0.147. The topological polar surface area (TPSA) is 58.6 Å². The first-order valence-electron chi connectivity index (χ1n) is 4.29. The predicted octanol–water partition coefficient (Wildman–Crippen LogP) is 1.08. The van der Waals surface area contributed by atoms with Gasteiger partial charge in [0.05, 0.1) is 19.8 Å². The summed E-state index contributed by atoms with van der Waals surface area (Å²) < 4.78 is 4.38. The molecule has 4 nitrogen and oxygen atoms in total. The van der Waals surface area contributed by atoms with E-state index in [1.165, 1.54) is 7.11 Å². The van der Waals surface area contributed by atoms with Gasteiger partial charge in [0.25, 0.3) is 0 Å². The number of nitrogens with one attached hydrogen (secondary N) is 1. The van der Waals surface area contributed by atoms with Crippen LogP contribution in [0.25, 0.3) is 0 Å². The molecule has 0 saturated heterocycles. The molecule has 0 spiro atoms. The van der Waals surface area contributed by atoms with Crippen LogP contribution in [0.4, 0.5) is 4.79 Å². The smallest absolute Gasteiger partial charge is 0.406 e. The Bertz CT molecular complexity index is 287. The second-order valence-corrected chi connectivity index (χ2v) is 2.80. The van der Waals surface area contributed by atoms with E-state index in [0.717, 1.165) is 5.56 Å². The Morgan fingerprint density at radius 2 is 2.14 bits per heavy atom. The molecule has 4 heteroatoms. The van der Waals surface area contributed by atoms with Gasteiger partial charge in [0, 0.05) is 0 Å². The molecule has 1 amide bonds. The van der Waals surface area contributed by atoms with E-state index >= 15 is 0 Å². The molecule has 0 aromatic heterocycles. The van der Waals surface area contributed by atoms with Crippen molar-refractivity contribution in [2.75, 3.05) is 13.7 Å². The van der Waals surface area contributed by atoms with Crippen LogP contribution in [-0.2, 0) is 4.74 Å². The van der Waals surface area contributed by atoms with Gasteiger partial charge in [-0.2, -0.15) is 0 Å². The molecule has 76 valence electrons. The number of hydrogen-bond acceptors (Lipinski definition) is 3. The largest absolute Gasteiger partial charge is 0.453 e. The highest BCUT2D eigenvalue weighted by atomic mass is 16.5. The van der Waals surface area contributed by atoms with E-state index in [4.69, 9.17) is 0 Å². The highest BCUT2D eigenvalue weighted by molar-refractivity contribution is 5.66. The summed E-state index contributed by atoms with van der Waals surface area (Å²) in [6, 6.07) is 9.12. The van der Waals surface area contributed by atoms with Gasteiger partial charge in [0.15, 0.2) is 0 Å². The Labute approximate surface area is 82.5 Å². The van der Waals surface area contributed by atoms with Crippen LogP contribution >= 0.6 is 0 Å². The van der Waals surface area contributed by atoms with Crippen molar-refractivity contribution in [1.82, 2.24) is 5.32 Å². The van der Waals surface area contributed by atoms with Gasteiger partial charge in [-0.15, -0.1) is 0 Å². The summed E-state index contributed by atoms with van der Waals surface area (Å²) >= 11 is 0. The van der Waals surface area contributed by atoms with Crippen LogP contribution in [0.1, 0.15) is 11.7 Å². The van der Waals surface area contributed by atoms with E-state index < -0.39 is 12.2 Å². The van der Waals surface area contributed by atoms with Gasteiger partial charge in [-0.3, -0.25) is 0 Å². The number of alkyl carbamates (subject to hydrolysis) is 1. The Balaban J connectivity index is 2.43. The van der Waals surface area contributed by atoms with Gasteiger partial charge in [0.1, 0.15) is 0 Å². The summed E-state index contributed by atoms with van der Waals surface area (Å²) in [7, 11) is 1.28. The number of hydrogen-bond donors (Lipinski definition) is 2. The molecular formula is C10H13NO3. The van der Waals surface area contributed by atoms with Crippen LogP contribution in [0.15, 0.2) is 30.3 Å². The van der Waals surface area contributed by atoms with Crippen LogP contribution in [0, 0.1) is 0 Å². The van der Waals surface area contributed by atoms with Gasteiger partial charge in [-0.25, -0.2) is 4.79 Å². The summed E-state index contributed by atoms with van der Waals surface area (Å²) in [6.07, 6.45) is -1.24. The van der Waals surface area contributed by atoms with Crippen molar-refractivity contribution >= 4 is 6.09 Å². The average Bonchev–Trinajstić information content (AvgIpc) is 2.26. The fourth-order valence-corrected chi connectivity index (χ4v) is 1.05. The number of methoxy groups -OCH3 is 1. The van der Waals surface area contributed by atoms with Crippen molar-refractivity contribution in [2.45, 2.75) is 6.10 Å². The van der Waals surface area contributed by atoms with E-state index in [0.29, 0.717) is 0 Å². The second kappa shape index (κ2) is 5.24. The molecule has 1 aromatic rings. The standard InChI is InChI=1S/C10H13NO3/c1-14-10(13)11-7-9(12)8-5-3-2-4-6-8/h2-6,9,12H,7H2,1H3,(H,11,13). The molecule has 1 unspecified atom stereocenters. The third kappa shape index (κ3) is 3.06. The minimum absolute atomic E-state index is 0.149. The molecule has 2 N–H and O–H groups in total. The summed E-state index contributed by atoms with van der Waals surface area (Å²) in [5.74, 6) is 0. The number of carbonyl (C=O) groups is 1. The predicted molar refractivity (Wildman–Crippen MR) is 51.8 cm³/mol. The molecule has 14 heavy (non-hydrogen) atoms. The molecule has 0 aliphatic rings.